The van der Waals surface area contributed by atoms with E-state index in [-0.39, 0.29) is 17.5 Å². The van der Waals surface area contributed by atoms with Crippen molar-refractivity contribution in [2.24, 2.45) is 0 Å². The highest BCUT2D eigenvalue weighted by molar-refractivity contribution is 7.89. The lowest BCUT2D eigenvalue weighted by atomic mass is 10.1. The van der Waals surface area contributed by atoms with Crippen molar-refractivity contribution < 1.29 is 17.5 Å². The van der Waals surface area contributed by atoms with Gasteiger partial charge in [-0.1, -0.05) is 12.1 Å². The highest BCUT2D eigenvalue weighted by Gasteiger charge is 2.20. The molecule has 0 aliphatic carbocycles. The summed E-state index contributed by atoms with van der Waals surface area (Å²) in [6, 6.07) is 5.24. The van der Waals surface area contributed by atoms with E-state index in [4.69, 9.17) is 4.74 Å². The van der Waals surface area contributed by atoms with E-state index in [9.17, 15) is 12.8 Å². The van der Waals surface area contributed by atoms with Crippen LogP contribution in [0.3, 0.4) is 0 Å². The molecule has 6 nitrogen and oxygen atoms in total. The summed E-state index contributed by atoms with van der Waals surface area (Å²) in [5.41, 5.74) is 0.592. The van der Waals surface area contributed by atoms with Crippen molar-refractivity contribution >= 4 is 10.0 Å². The van der Waals surface area contributed by atoms with Crippen molar-refractivity contribution in [3.05, 3.63) is 53.9 Å². The van der Waals surface area contributed by atoms with E-state index in [0.29, 0.717) is 18.0 Å². The van der Waals surface area contributed by atoms with E-state index in [0.717, 1.165) is 25.3 Å². The molecule has 2 heterocycles. The normalized spacial score (nSPS) is 18.5. The summed E-state index contributed by atoms with van der Waals surface area (Å²) >= 11 is 0. The van der Waals surface area contributed by atoms with Crippen LogP contribution in [0.2, 0.25) is 0 Å². The van der Waals surface area contributed by atoms with E-state index < -0.39 is 15.8 Å². The summed E-state index contributed by atoms with van der Waals surface area (Å²) in [5, 5.41) is 0. The Balaban J connectivity index is 1.65. The number of sulfonamides is 1. The van der Waals surface area contributed by atoms with Crippen molar-refractivity contribution in [3.8, 4) is 0 Å². The average Bonchev–Trinajstić information content (AvgIpc) is 2.61. The van der Waals surface area contributed by atoms with Crippen LogP contribution in [0.4, 0.5) is 4.39 Å². The summed E-state index contributed by atoms with van der Waals surface area (Å²) in [6.45, 7) is 0.695. The van der Waals surface area contributed by atoms with Gasteiger partial charge in [-0.3, -0.25) is 0 Å². The molecule has 1 saturated heterocycles. The fourth-order valence-corrected chi connectivity index (χ4v) is 3.58. The van der Waals surface area contributed by atoms with Crippen LogP contribution >= 0.6 is 0 Å². The fourth-order valence-electron chi connectivity index (χ4n) is 2.49. The van der Waals surface area contributed by atoms with Crippen LogP contribution in [0.15, 0.2) is 41.6 Å². The summed E-state index contributed by atoms with van der Waals surface area (Å²) in [6.07, 6.45) is 6.04. The molecule has 0 saturated carbocycles. The van der Waals surface area contributed by atoms with Gasteiger partial charge in [0.1, 0.15) is 16.8 Å². The zero-order chi connectivity index (χ0) is 17.0. The van der Waals surface area contributed by atoms with E-state index in [1.807, 2.05) is 0 Å². The summed E-state index contributed by atoms with van der Waals surface area (Å²) in [5.74, 6) is -0.179. The second kappa shape index (κ2) is 7.33. The van der Waals surface area contributed by atoms with Gasteiger partial charge in [-0.15, -0.1) is 0 Å². The van der Waals surface area contributed by atoms with Crippen LogP contribution in [-0.4, -0.2) is 25.0 Å². The molecule has 0 spiro atoms. The van der Waals surface area contributed by atoms with Crippen molar-refractivity contribution in [1.82, 2.24) is 14.7 Å². The first-order valence-electron chi connectivity index (χ1n) is 7.73. The average molecular weight is 351 g/mol. The van der Waals surface area contributed by atoms with Gasteiger partial charge in [0.25, 0.3) is 0 Å². The molecule has 24 heavy (non-hydrogen) atoms. The Labute approximate surface area is 140 Å². The molecule has 0 bridgehead atoms. The van der Waals surface area contributed by atoms with Gasteiger partial charge in [-0.2, -0.15) is 0 Å². The number of hydrogen-bond donors (Lipinski definition) is 1. The molecule has 1 aliphatic rings. The standard InChI is InChI=1S/C16H18FN3O3S/c17-13-5-1-2-7-15(13)24(21,22)20-11-12-9-18-16(19-10-12)14-6-3-4-8-23-14/h1-2,5,7,9-10,14,20H,3-4,6,8,11H2. The van der Waals surface area contributed by atoms with Gasteiger partial charge >= 0.3 is 0 Å². The number of aromatic nitrogens is 2. The lowest BCUT2D eigenvalue weighted by Crippen LogP contribution is -2.24. The SMILES string of the molecule is O=S(=O)(NCc1cnc(C2CCCCO2)nc1)c1ccccc1F. The number of ether oxygens (including phenoxy) is 1. The summed E-state index contributed by atoms with van der Waals surface area (Å²) in [4.78, 5) is 8.12. The second-order valence-corrected chi connectivity index (χ2v) is 7.30. The number of hydrogen-bond acceptors (Lipinski definition) is 5. The molecule has 1 aromatic carbocycles. The van der Waals surface area contributed by atoms with Crippen LogP contribution < -0.4 is 4.72 Å². The zero-order valence-corrected chi connectivity index (χ0v) is 13.8. The lowest BCUT2D eigenvalue weighted by Gasteiger charge is -2.21. The quantitative estimate of drug-likeness (QED) is 0.894. The van der Waals surface area contributed by atoms with Gasteiger partial charge in [0.05, 0.1) is 0 Å². The van der Waals surface area contributed by atoms with Crippen LogP contribution in [0.25, 0.3) is 0 Å². The predicted molar refractivity (Wildman–Crippen MR) is 85.0 cm³/mol. The first-order valence-corrected chi connectivity index (χ1v) is 9.21. The fraction of sp³-hybridized carbons (Fsp3) is 0.375. The Bertz CT molecular complexity index is 790. The van der Waals surface area contributed by atoms with Gasteiger partial charge in [0.2, 0.25) is 10.0 Å². The molecular weight excluding hydrogens is 333 g/mol. The van der Waals surface area contributed by atoms with Gasteiger partial charge in [-0.25, -0.2) is 27.5 Å². The third-order valence-corrected chi connectivity index (χ3v) is 5.22. The van der Waals surface area contributed by atoms with E-state index >= 15 is 0 Å². The third kappa shape index (κ3) is 3.95. The molecule has 128 valence electrons. The Morgan fingerprint density at radius 1 is 1.21 bits per heavy atom. The Morgan fingerprint density at radius 2 is 1.96 bits per heavy atom. The maximum Gasteiger partial charge on any atom is 0.243 e. The molecule has 1 N–H and O–H groups in total. The molecular formula is C16H18FN3O3S. The van der Waals surface area contributed by atoms with Crippen molar-refractivity contribution in [1.29, 1.82) is 0 Å². The second-order valence-electron chi connectivity index (χ2n) is 5.56. The molecule has 1 atom stereocenters. The molecule has 1 aromatic heterocycles. The first kappa shape index (κ1) is 16.9. The molecule has 0 amide bonds. The predicted octanol–water partition coefficient (Wildman–Crippen LogP) is 2.34. The number of benzene rings is 1. The van der Waals surface area contributed by atoms with E-state index in [1.54, 1.807) is 12.4 Å². The molecule has 2 aromatic rings. The topological polar surface area (TPSA) is 81.2 Å². The first-order chi connectivity index (χ1) is 11.6. The monoisotopic (exact) mass is 351 g/mol. The number of nitrogens with zero attached hydrogens (tertiary/aromatic N) is 2. The van der Waals surface area contributed by atoms with Crippen LogP contribution in [0.5, 0.6) is 0 Å². The largest absolute Gasteiger partial charge is 0.370 e. The maximum atomic E-state index is 13.6. The Morgan fingerprint density at radius 3 is 2.62 bits per heavy atom. The lowest BCUT2D eigenvalue weighted by molar-refractivity contribution is 0.00940. The van der Waals surface area contributed by atoms with E-state index in [1.165, 1.54) is 18.2 Å². The number of rotatable bonds is 5. The third-order valence-electron chi connectivity index (χ3n) is 3.79. The van der Waals surface area contributed by atoms with E-state index in [2.05, 4.69) is 14.7 Å². The van der Waals surface area contributed by atoms with Gasteiger partial charge in [0.15, 0.2) is 5.82 Å². The van der Waals surface area contributed by atoms with Gasteiger partial charge in [0, 0.05) is 31.1 Å². The van der Waals surface area contributed by atoms with Crippen LogP contribution in [-0.2, 0) is 21.3 Å². The minimum atomic E-state index is -3.92. The minimum Gasteiger partial charge on any atom is -0.370 e. The maximum absolute atomic E-state index is 13.6. The smallest absolute Gasteiger partial charge is 0.243 e. The molecule has 1 aliphatic heterocycles. The molecule has 0 radical (unpaired) electrons. The Kier molecular flexibility index (Phi) is 5.17. The molecule has 1 unspecified atom stereocenters. The van der Waals surface area contributed by atoms with Gasteiger partial charge in [-0.05, 0) is 31.4 Å². The van der Waals surface area contributed by atoms with Crippen LogP contribution in [0.1, 0.15) is 36.8 Å². The van der Waals surface area contributed by atoms with Crippen LogP contribution in [0, 0.1) is 5.82 Å². The summed E-state index contributed by atoms with van der Waals surface area (Å²) < 4.78 is 45.8. The zero-order valence-electron chi connectivity index (χ0n) is 13.0. The highest BCUT2D eigenvalue weighted by Crippen LogP contribution is 2.24. The number of halogens is 1. The highest BCUT2D eigenvalue weighted by atomic mass is 32.2. The molecule has 1 fully saturated rings. The van der Waals surface area contributed by atoms with Crippen molar-refractivity contribution in [2.75, 3.05) is 6.61 Å². The van der Waals surface area contributed by atoms with Crippen molar-refractivity contribution in [2.45, 2.75) is 36.8 Å². The van der Waals surface area contributed by atoms with Crippen molar-refractivity contribution in [3.63, 3.8) is 0 Å². The number of nitrogens with one attached hydrogen (secondary N) is 1. The van der Waals surface area contributed by atoms with Gasteiger partial charge < -0.3 is 4.74 Å². The molecule has 3 rings (SSSR count). The Hall–Kier alpha value is -1.90. The minimum absolute atomic E-state index is 0.0114. The molecule has 8 heteroatoms. The summed E-state index contributed by atoms with van der Waals surface area (Å²) in [7, 11) is -3.92.